The van der Waals surface area contributed by atoms with Crippen molar-refractivity contribution in [1.82, 2.24) is 9.78 Å². The van der Waals surface area contributed by atoms with Crippen molar-refractivity contribution < 1.29 is 4.79 Å². The monoisotopic (exact) mass is 381 g/mol. The minimum Gasteiger partial charge on any atom is -0.319 e. The maximum atomic E-state index is 12.6. The third-order valence-electron chi connectivity index (χ3n) is 3.43. The van der Waals surface area contributed by atoms with Crippen molar-refractivity contribution in [3.05, 3.63) is 67.4 Å². The molecule has 8 heteroatoms. The van der Waals surface area contributed by atoms with E-state index in [1.54, 1.807) is 37.4 Å². The number of amides is 1. The number of hydrogen-bond donors (Lipinski definition) is 1. The Morgan fingerprint density at radius 1 is 1.17 bits per heavy atom. The molecule has 0 bridgehead atoms. The first-order valence-corrected chi connectivity index (χ1v) is 7.94. The van der Waals surface area contributed by atoms with Gasteiger partial charge < -0.3 is 5.32 Å². The molecule has 0 fully saturated rings. The number of nitrogens with zero attached hydrogens (tertiary/aromatic N) is 2. The number of hydrogen-bond acceptors (Lipinski definition) is 3. The van der Waals surface area contributed by atoms with Crippen LogP contribution in [0.3, 0.4) is 0 Å². The second-order valence-corrected chi connectivity index (χ2v) is 6.24. The van der Waals surface area contributed by atoms with Crippen LogP contribution in [0.25, 0.3) is 10.9 Å². The van der Waals surface area contributed by atoms with Crippen molar-refractivity contribution in [1.29, 1.82) is 0 Å². The lowest BCUT2D eigenvalue weighted by Gasteiger charge is -2.10. The molecule has 2 aromatic carbocycles. The van der Waals surface area contributed by atoms with Crippen molar-refractivity contribution in [2.75, 3.05) is 5.32 Å². The molecule has 0 saturated carbocycles. The zero-order valence-electron chi connectivity index (χ0n) is 12.3. The van der Waals surface area contributed by atoms with Crippen LogP contribution in [-0.2, 0) is 7.05 Å². The van der Waals surface area contributed by atoms with Gasteiger partial charge in [-0.1, -0.05) is 40.9 Å². The number of rotatable bonds is 2. The average molecular weight is 383 g/mol. The van der Waals surface area contributed by atoms with E-state index in [0.717, 1.165) is 0 Å². The molecular formula is C16H10Cl3N3O2. The second-order valence-electron chi connectivity index (χ2n) is 5.02. The number of carbonyl (C=O) groups is 1. The molecule has 122 valence electrons. The van der Waals surface area contributed by atoms with Crippen LogP contribution in [0.5, 0.6) is 0 Å². The maximum Gasteiger partial charge on any atom is 0.280 e. The predicted octanol–water partition coefficient (Wildman–Crippen LogP) is 4.15. The number of benzene rings is 2. The molecule has 0 atom stereocenters. The molecule has 0 radical (unpaired) electrons. The highest BCUT2D eigenvalue weighted by atomic mass is 35.5. The second kappa shape index (κ2) is 6.43. The van der Waals surface area contributed by atoms with Crippen LogP contribution in [0.4, 0.5) is 5.69 Å². The fraction of sp³-hybridized carbons (Fsp3) is 0.0625. The number of carbonyl (C=O) groups excluding carboxylic acids is 1. The Bertz CT molecular complexity index is 1030. The summed E-state index contributed by atoms with van der Waals surface area (Å²) in [5.74, 6) is -0.679. The number of nitrogens with one attached hydrogen (secondary N) is 1. The number of aromatic nitrogens is 2. The minimum atomic E-state index is -0.679. The molecule has 1 heterocycles. The molecule has 1 N–H and O–H groups in total. The zero-order chi connectivity index (χ0) is 17.4. The summed E-state index contributed by atoms with van der Waals surface area (Å²) in [6.45, 7) is 0. The molecule has 0 aliphatic rings. The molecule has 0 saturated heterocycles. The maximum absolute atomic E-state index is 12.6. The topological polar surface area (TPSA) is 64.0 Å². The highest BCUT2D eigenvalue weighted by Crippen LogP contribution is 2.29. The van der Waals surface area contributed by atoms with Crippen LogP contribution in [0, 0.1) is 0 Å². The summed E-state index contributed by atoms with van der Waals surface area (Å²) < 4.78 is 1.45. The van der Waals surface area contributed by atoms with Gasteiger partial charge in [-0.25, -0.2) is 0 Å². The Balaban J connectivity index is 2.09. The smallest absolute Gasteiger partial charge is 0.280 e. The van der Waals surface area contributed by atoms with Gasteiger partial charge in [-0.15, -0.1) is 0 Å². The molecule has 3 rings (SSSR count). The molecule has 1 amide bonds. The molecule has 0 spiro atoms. The lowest BCUT2D eigenvalue weighted by molar-refractivity contribution is 0.101. The van der Waals surface area contributed by atoms with Gasteiger partial charge in [0.25, 0.3) is 5.91 Å². The van der Waals surface area contributed by atoms with Crippen LogP contribution in [0.15, 0.2) is 41.2 Å². The number of anilines is 1. The lowest BCUT2D eigenvalue weighted by atomic mass is 10.2. The molecule has 0 aliphatic carbocycles. The highest BCUT2D eigenvalue weighted by molar-refractivity contribution is 6.44. The van der Waals surface area contributed by atoms with Gasteiger partial charge >= 0.3 is 0 Å². The van der Waals surface area contributed by atoms with Gasteiger partial charge in [0.2, 0.25) is 5.43 Å². The van der Waals surface area contributed by atoms with Crippen molar-refractivity contribution in [3.8, 4) is 0 Å². The largest absolute Gasteiger partial charge is 0.319 e. The quantitative estimate of drug-likeness (QED) is 0.724. The van der Waals surface area contributed by atoms with E-state index < -0.39 is 11.3 Å². The number of halogens is 3. The third kappa shape index (κ3) is 2.98. The van der Waals surface area contributed by atoms with Gasteiger partial charge in [-0.3, -0.25) is 14.3 Å². The van der Waals surface area contributed by atoms with Crippen LogP contribution < -0.4 is 10.7 Å². The Labute approximate surface area is 151 Å². The van der Waals surface area contributed by atoms with Crippen LogP contribution >= 0.6 is 34.8 Å². The van der Waals surface area contributed by atoms with E-state index >= 15 is 0 Å². The summed E-state index contributed by atoms with van der Waals surface area (Å²) in [6, 6.07) is 9.63. The predicted molar refractivity (Wildman–Crippen MR) is 96.4 cm³/mol. The van der Waals surface area contributed by atoms with Gasteiger partial charge in [-0.2, -0.15) is 5.10 Å². The highest BCUT2D eigenvalue weighted by Gasteiger charge is 2.18. The van der Waals surface area contributed by atoms with E-state index in [1.165, 1.54) is 10.7 Å². The molecule has 5 nitrogen and oxygen atoms in total. The summed E-state index contributed by atoms with van der Waals surface area (Å²) >= 11 is 17.9. The lowest BCUT2D eigenvalue weighted by Crippen LogP contribution is -2.26. The molecule has 0 unspecified atom stereocenters. The van der Waals surface area contributed by atoms with Crippen molar-refractivity contribution in [2.24, 2.45) is 7.05 Å². The molecule has 0 aliphatic heterocycles. The Hall–Kier alpha value is -2.08. The Morgan fingerprint density at radius 3 is 2.67 bits per heavy atom. The Kier molecular flexibility index (Phi) is 4.49. The Morgan fingerprint density at radius 2 is 1.92 bits per heavy atom. The first-order chi connectivity index (χ1) is 11.4. The van der Waals surface area contributed by atoms with Crippen LogP contribution in [-0.4, -0.2) is 15.7 Å². The standard InChI is InChI=1S/C16H10Cl3N3O2/c1-22-12-6-5-8(17)7-9(12)15(23)14(21-22)16(24)20-11-4-2-3-10(18)13(11)19/h2-7H,1H3,(H,20,24). The number of aryl methyl sites for hydroxylation is 1. The zero-order valence-corrected chi connectivity index (χ0v) is 14.6. The van der Waals surface area contributed by atoms with E-state index in [9.17, 15) is 9.59 Å². The molecule has 1 aromatic heterocycles. The molecular weight excluding hydrogens is 373 g/mol. The first kappa shape index (κ1) is 16.8. The van der Waals surface area contributed by atoms with E-state index in [2.05, 4.69) is 10.4 Å². The first-order valence-electron chi connectivity index (χ1n) is 6.80. The summed E-state index contributed by atoms with van der Waals surface area (Å²) in [5.41, 5.74) is 0.0931. The number of fused-ring (bicyclic) bond motifs is 1. The van der Waals surface area contributed by atoms with Crippen molar-refractivity contribution in [2.45, 2.75) is 0 Å². The van der Waals surface area contributed by atoms with Gasteiger partial charge in [-0.05, 0) is 30.3 Å². The summed E-state index contributed by atoms with van der Waals surface area (Å²) in [6.07, 6.45) is 0. The normalized spacial score (nSPS) is 10.8. The fourth-order valence-corrected chi connectivity index (χ4v) is 2.80. The van der Waals surface area contributed by atoms with Gasteiger partial charge in [0.15, 0.2) is 5.69 Å². The molecule has 24 heavy (non-hydrogen) atoms. The van der Waals surface area contributed by atoms with Crippen molar-refractivity contribution >= 4 is 57.3 Å². The van der Waals surface area contributed by atoms with E-state index in [1.807, 2.05) is 0 Å². The summed E-state index contributed by atoms with van der Waals surface area (Å²) in [7, 11) is 1.64. The fourth-order valence-electron chi connectivity index (χ4n) is 2.28. The van der Waals surface area contributed by atoms with Gasteiger partial charge in [0.1, 0.15) is 0 Å². The minimum absolute atomic E-state index is 0.188. The van der Waals surface area contributed by atoms with Gasteiger partial charge in [0, 0.05) is 12.1 Å². The SMILES string of the molecule is Cn1nc(C(=O)Nc2cccc(Cl)c2Cl)c(=O)c2cc(Cl)ccc21. The van der Waals surface area contributed by atoms with E-state index in [0.29, 0.717) is 26.6 Å². The summed E-state index contributed by atoms with van der Waals surface area (Å²) in [5, 5.41) is 7.79. The summed E-state index contributed by atoms with van der Waals surface area (Å²) in [4.78, 5) is 25.0. The van der Waals surface area contributed by atoms with E-state index in [-0.39, 0.29) is 10.7 Å². The molecule has 3 aromatic rings. The third-order valence-corrected chi connectivity index (χ3v) is 4.49. The van der Waals surface area contributed by atoms with Crippen LogP contribution in [0.2, 0.25) is 15.1 Å². The van der Waals surface area contributed by atoms with Crippen molar-refractivity contribution in [3.63, 3.8) is 0 Å². The van der Waals surface area contributed by atoms with E-state index in [4.69, 9.17) is 34.8 Å². The van der Waals surface area contributed by atoms with Gasteiger partial charge in [0.05, 0.1) is 26.6 Å². The van der Waals surface area contributed by atoms with Crippen LogP contribution in [0.1, 0.15) is 10.5 Å². The average Bonchev–Trinajstić information content (AvgIpc) is 2.55.